The van der Waals surface area contributed by atoms with E-state index >= 15 is 0 Å². The quantitative estimate of drug-likeness (QED) is 0.838. The topological polar surface area (TPSA) is 71.3 Å². The van der Waals surface area contributed by atoms with E-state index in [2.05, 4.69) is 11.4 Å². The molecule has 5 nitrogen and oxygen atoms in total. The van der Waals surface area contributed by atoms with Gasteiger partial charge in [-0.05, 0) is 44.4 Å². The van der Waals surface area contributed by atoms with E-state index in [1.807, 2.05) is 20.8 Å². The second-order valence-corrected chi connectivity index (χ2v) is 5.74. The summed E-state index contributed by atoms with van der Waals surface area (Å²) < 4.78 is 10.8. The van der Waals surface area contributed by atoms with Crippen LogP contribution in [0.5, 0.6) is 5.75 Å². The highest BCUT2D eigenvalue weighted by Gasteiger charge is 2.33. The number of rotatable bonds is 7. The van der Waals surface area contributed by atoms with Crippen molar-refractivity contribution in [2.75, 3.05) is 19.0 Å². The minimum absolute atomic E-state index is 0.225. The summed E-state index contributed by atoms with van der Waals surface area (Å²) in [6, 6.07) is 7.08. The van der Waals surface area contributed by atoms with E-state index in [4.69, 9.17) is 14.7 Å². The molecule has 1 atom stereocenters. The highest BCUT2D eigenvalue weighted by Crippen LogP contribution is 2.25. The number of hydrogen-bond acceptors (Lipinski definition) is 4. The van der Waals surface area contributed by atoms with Crippen LogP contribution in [0.15, 0.2) is 18.2 Å². The summed E-state index contributed by atoms with van der Waals surface area (Å²) in [5.74, 6) is 0.613. The highest BCUT2D eigenvalue weighted by molar-refractivity contribution is 5.97. The number of ether oxygens (including phenoxy) is 2. The van der Waals surface area contributed by atoms with E-state index in [0.717, 1.165) is 0 Å². The monoisotopic (exact) mass is 304 g/mol. The molecule has 0 aliphatic heterocycles. The summed E-state index contributed by atoms with van der Waals surface area (Å²) >= 11 is 0. The number of carbonyl (C=O) groups is 1. The van der Waals surface area contributed by atoms with Crippen LogP contribution in [0.3, 0.4) is 0 Å². The standard InChI is InChI=1S/C17H24N2O3/c1-6-22-15-8-7-14(9-13(15)11-18)19-16(20)17(4,21-5)10-12(2)3/h7-9,12H,6,10H2,1-5H3,(H,19,20)/t17-/m1/s1. The molecule has 120 valence electrons. The van der Waals surface area contributed by atoms with Gasteiger partial charge in [0.05, 0.1) is 12.2 Å². The Balaban J connectivity index is 2.94. The van der Waals surface area contributed by atoms with Gasteiger partial charge in [0.1, 0.15) is 17.4 Å². The van der Waals surface area contributed by atoms with Crippen molar-refractivity contribution in [3.63, 3.8) is 0 Å². The Morgan fingerprint density at radius 2 is 2.14 bits per heavy atom. The van der Waals surface area contributed by atoms with Crippen molar-refractivity contribution in [3.05, 3.63) is 23.8 Å². The van der Waals surface area contributed by atoms with Crippen molar-refractivity contribution in [2.45, 2.75) is 39.7 Å². The molecule has 1 amide bonds. The number of nitriles is 1. The van der Waals surface area contributed by atoms with Gasteiger partial charge in [-0.25, -0.2) is 0 Å². The maximum absolute atomic E-state index is 12.5. The molecule has 1 rings (SSSR count). The number of anilines is 1. The number of hydrogen-bond donors (Lipinski definition) is 1. The third kappa shape index (κ3) is 4.47. The van der Waals surface area contributed by atoms with E-state index in [9.17, 15) is 4.79 Å². The molecule has 0 aliphatic rings. The van der Waals surface area contributed by atoms with Gasteiger partial charge in [-0.15, -0.1) is 0 Å². The number of nitrogens with zero attached hydrogens (tertiary/aromatic N) is 1. The van der Waals surface area contributed by atoms with Gasteiger partial charge in [-0.2, -0.15) is 5.26 Å². The predicted molar refractivity (Wildman–Crippen MR) is 85.8 cm³/mol. The molecule has 1 N–H and O–H groups in total. The Bertz CT molecular complexity index is 564. The lowest BCUT2D eigenvalue weighted by Crippen LogP contribution is -2.43. The largest absolute Gasteiger partial charge is 0.492 e. The van der Waals surface area contributed by atoms with Crippen LogP contribution in [0, 0.1) is 17.2 Å². The van der Waals surface area contributed by atoms with Crippen LogP contribution in [0.25, 0.3) is 0 Å². The van der Waals surface area contributed by atoms with E-state index in [1.165, 1.54) is 7.11 Å². The molecule has 0 aliphatic carbocycles. The molecule has 0 bridgehead atoms. The minimum atomic E-state index is -0.903. The first kappa shape index (κ1) is 18.0. The average molecular weight is 304 g/mol. The molecule has 0 heterocycles. The summed E-state index contributed by atoms with van der Waals surface area (Å²) in [4.78, 5) is 12.5. The fourth-order valence-electron chi connectivity index (χ4n) is 2.29. The van der Waals surface area contributed by atoms with Gasteiger partial charge in [-0.1, -0.05) is 13.8 Å². The maximum Gasteiger partial charge on any atom is 0.256 e. The van der Waals surface area contributed by atoms with Crippen molar-refractivity contribution >= 4 is 11.6 Å². The summed E-state index contributed by atoms with van der Waals surface area (Å²) in [5.41, 5.74) is 0.0409. The normalized spacial score (nSPS) is 13.3. The van der Waals surface area contributed by atoms with Crippen molar-refractivity contribution in [2.24, 2.45) is 5.92 Å². The summed E-state index contributed by atoms with van der Waals surface area (Å²) in [6.45, 7) is 8.18. The Labute approximate surface area is 132 Å². The van der Waals surface area contributed by atoms with Gasteiger partial charge in [-0.3, -0.25) is 4.79 Å². The molecule has 0 radical (unpaired) electrons. The van der Waals surface area contributed by atoms with Crippen LogP contribution in [-0.2, 0) is 9.53 Å². The Morgan fingerprint density at radius 1 is 1.45 bits per heavy atom. The molecule has 1 aromatic carbocycles. The number of amides is 1. The van der Waals surface area contributed by atoms with Gasteiger partial charge >= 0.3 is 0 Å². The third-order valence-electron chi connectivity index (χ3n) is 3.39. The molecular formula is C17H24N2O3. The highest BCUT2D eigenvalue weighted by atomic mass is 16.5. The van der Waals surface area contributed by atoms with Crippen molar-refractivity contribution in [3.8, 4) is 11.8 Å². The molecular weight excluding hydrogens is 280 g/mol. The van der Waals surface area contributed by atoms with E-state index in [0.29, 0.717) is 35.9 Å². The van der Waals surface area contributed by atoms with Gasteiger partial charge in [0.15, 0.2) is 0 Å². The zero-order valence-electron chi connectivity index (χ0n) is 13.9. The van der Waals surface area contributed by atoms with Gasteiger partial charge in [0.25, 0.3) is 5.91 Å². The molecule has 0 spiro atoms. The molecule has 0 saturated carbocycles. The van der Waals surface area contributed by atoms with Gasteiger partial charge in [0.2, 0.25) is 0 Å². The fourth-order valence-corrected chi connectivity index (χ4v) is 2.29. The Hall–Kier alpha value is -2.06. The first-order valence-electron chi connectivity index (χ1n) is 7.39. The first-order chi connectivity index (χ1) is 10.4. The second kappa shape index (κ2) is 7.81. The number of benzene rings is 1. The van der Waals surface area contributed by atoms with Crippen molar-refractivity contribution in [1.29, 1.82) is 5.26 Å². The predicted octanol–water partition coefficient (Wildman–Crippen LogP) is 3.35. The molecule has 0 aromatic heterocycles. The fraction of sp³-hybridized carbons (Fsp3) is 0.529. The number of carbonyl (C=O) groups excluding carboxylic acids is 1. The van der Waals surface area contributed by atoms with Crippen LogP contribution in [0.2, 0.25) is 0 Å². The lowest BCUT2D eigenvalue weighted by atomic mass is 9.93. The minimum Gasteiger partial charge on any atom is -0.492 e. The summed E-state index contributed by atoms with van der Waals surface area (Å²) in [7, 11) is 1.53. The lowest BCUT2D eigenvalue weighted by molar-refractivity contribution is -0.137. The van der Waals surface area contributed by atoms with Crippen LogP contribution in [-0.4, -0.2) is 25.2 Å². The SMILES string of the molecule is CCOc1ccc(NC(=O)[C@@](C)(CC(C)C)OC)cc1C#N. The molecule has 1 aromatic rings. The molecule has 0 unspecified atom stereocenters. The molecule has 0 saturated heterocycles. The van der Waals surface area contributed by atoms with E-state index < -0.39 is 5.60 Å². The molecule has 22 heavy (non-hydrogen) atoms. The van der Waals surface area contributed by atoms with Crippen LogP contribution >= 0.6 is 0 Å². The number of methoxy groups -OCH3 is 1. The van der Waals surface area contributed by atoms with Crippen molar-refractivity contribution < 1.29 is 14.3 Å². The lowest BCUT2D eigenvalue weighted by Gasteiger charge is -2.28. The zero-order chi connectivity index (χ0) is 16.8. The smallest absolute Gasteiger partial charge is 0.256 e. The maximum atomic E-state index is 12.5. The van der Waals surface area contributed by atoms with E-state index in [1.54, 1.807) is 25.1 Å². The van der Waals surface area contributed by atoms with E-state index in [-0.39, 0.29) is 5.91 Å². The Morgan fingerprint density at radius 3 is 2.64 bits per heavy atom. The average Bonchev–Trinajstić information content (AvgIpc) is 2.48. The summed E-state index contributed by atoms with van der Waals surface area (Å²) in [5, 5.41) is 12.0. The first-order valence-corrected chi connectivity index (χ1v) is 7.39. The zero-order valence-corrected chi connectivity index (χ0v) is 13.9. The molecule has 5 heteroatoms. The Kier molecular flexibility index (Phi) is 6.39. The van der Waals surface area contributed by atoms with Crippen LogP contribution < -0.4 is 10.1 Å². The van der Waals surface area contributed by atoms with Crippen molar-refractivity contribution in [1.82, 2.24) is 0 Å². The summed E-state index contributed by atoms with van der Waals surface area (Å²) in [6.07, 6.45) is 0.609. The second-order valence-electron chi connectivity index (χ2n) is 5.74. The third-order valence-corrected chi connectivity index (χ3v) is 3.39. The number of nitrogens with one attached hydrogen (secondary N) is 1. The van der Waals surface area contributed by atoms with Crippen LogP contribution in [0.1, 0.15) is 39.7 Å². The van der Waals surface area contributed by atoms with Gasteiger partial charge < -0.3 is 14.8 Å². The van der Waals surface area contributed by atoms with Gasteiger partial charge in [0, 0.05) is 12.8 Å². The molecule has 0 fully saturated rings. The van der Waals surface area contributed by atoms with Crippen LogP contribution in [0.4, 0.5) is 5.69 Å².